The fraction of sp³-hybridized carbons (Fsp3) is 0.583. The van der Waals surface area contributed by atoms with Crippen molar-refractivity contribution in [2.24, 2.45) is 10.2 Å². The largest absolute Gasteiger partial charge is 0.481 e. The number of rotatable bonds is 8. The van der Waals surface area contributed by atoms with Gasteiger partial charge in [0.15, 0.2) is 5.60 Å². The van der Waals surface area contributed by atoms with Crippen LogP contribution in [0.4, 0.5) is 0 Å². The highest BCUT2D eigenvalue weighted by atomic mass is 16.6. The average molecular weight is 300 g/mol. The summed E-state index contributed by atoms with van der Waals surface area (Å²) in [5.41, 5.74) is -4.04. The van der Waals surface area contributed by atoms with E-state index in [0.29, 0.717) is 12.8 Å². The Bertz CT molecular complexity index is 488. The number of carbonyl (C=O) groups is 3. The molecule has 9 nitrogen and oxygen atoms in total. The molecule has 0 aliphatic carbocycles. The van der Waals surface area contributed by atoms with Crippen LogP contribution in [0.1, 0.15) is 32.6 Å². The van der Waals surface area contributed by atoms with E-state index in [1.54, 1.807) is 0 Å². The second-order valence-electron chi connectivity index (χ2n) is 4.68. The molecule has 116 valence electrons. The molecule has 0 spiro atoms. The van der Waals surface area contributed by atoms with Gasteiger partial charge in [-0.25, -0.2) is 4.79 Å². The van der Waals surface area contributed by atoms with E-state index in [1.165, 1.54) is 12.3 Å². The van der Waals surface area contributed by atoms with E-state index in [2.05, 4.69) is 10.2 Å². The van der Waals surface area contributed by atoms with Crippen LogP contribution in [0.15, 0.2) is 22.5 Å². The van der Waals surface area contributed by atoms with E-state index >= 15 is 0 Å². The van der Waals surface area contributed by atoms with E-state index in [0.717, 1.165) is 0 Å². The number of carboxylic acid groups (broad SMARTS) is 2. The molecule has 9 heteroatoms. The Kier molecular flexibility index (Phi) is 5.14. The fourth-order valence-electron chi connectivity index (χ4n) is 1.85. The predicted octanol–water partition coefficient (Wildman–Crippen LogP) is 0.686. The van der Waals surface area contributed by atoms with Crippen LogP contribution in [0.25, 0.3) is 0 Å². The summed E-state index contributed by atoms with van der Waals surface area (Å²) in [4.78, 5) is 33.4. The van der Waals surface area contributed by atoms with Crippen LogP contribution in [-0.2, 0) is 19.1 Å². The van der Waals surface area contributed by atoms with E-state index < -0.39 is 42.1 Å². The van der Waals surface area contributed by atoms with Gasteiger partial charge in [0.1, 0.15) is 0 Å². The maximum atomic E-state index is 11.8. The number of aliphatic hydroxyl groups is 1. The maximum absolute atomic E-state index is 11.8. The monoisotopic (exact) mass is 300 g/mol. The summed E-state index contributed by atoms with van der Waals surface area (Å²) in [5.74, 6) is -4.42. The van der Waals surface area contributed by atoms with Crippen molar-refractivity contribution in [1.29, 1.82) is 0 Å². The highest BCUT2D eigenvalue weighted by molar-refractivity contribution is 5.88. The van der Waals surface area contributed by atoms with Crippen LogP contribution in [-0.4, -0.2) is 44.6 Å². The van der Waals surface area contributed by atoms with Gasteiger partial charge in [-0.05, 0) is 6.42 Å². The third-order valence-corrected chi connectivity index (χ3v) is 2.81. The Morgan fingerprint density at radius 1 is 1.29 bits per heavy atom. The van der Waals surface area contributed by atoms with Crippen LogP contribution in [0.3, 0.4) is 0 Å². The summed E-state index contributed by atoms with van der Waals surface area (Å²) in [6.45, 7) is 1.83. The topological polar surface area (TPSA) is 146 Å². The van der Waals surface area contributed by atoms with E-state index in [9.17, 15) is 19.5 Å². The first-order valence-corrected chi connectivity index (χ1v) is 6.22. The number of esters is 1. The quantitative estimate of drug-likeness (QED) is 0.559. The average Bonchev–Trinajstić information content (AvgIpc) is 2.76. The Morgan fingerprint density at radius 3 is 2.38 bits per heavy atom. The SMILES string of the molecule is CCCC1(OC(=O)CC(O)(CC(=O)O)C(=O)O)C=CN=N1. The summed E-state index contributed by atoms with van der Waals surface area (Å²) in [7, 11) is 0. The van der Waals surface area contributed by atoms with Crippen LogP contribution in [0.5, 0.6) is 0 Å². The zero-order valence-corrected chi connectivity index (χ0v) is 11.4. The van der Waals surface area contributed by atoms with Crippen molar-refractivity contribution in [3.05, 3.63) is 12.3 Å². The van der Waals surface area contributed by atoms with Gasteiger partial charge < -0.3 is 20.1 Å². The van der Waals surface area contributed by atoms with Gasteiger partial charge in [0.05, 0.1) is 19.0 Å². The predicted molar refractivity (Wildman–Crippen MR) is 67.2 cm³/mol. The Balaban J connectivity index is 2.79. The van der Waals surface area contributed by atoms with E-state index in [1.807, 2.05) is 6.92 Å². The normalized spacial score (nSPS) is 22.8. The third kappa shape index (κ3) is 4.35. The molecular formula is C12H16N2O7. The van der Waals surface area contributed by atoms with Gasteiger partial charge in [-0.2, -0.15) is 5.11 Å². The molecule has 0 aromatic carbocycles. The smallest absolute Gasteiger partial charge is 0.336 e. The van der Waals surface area contributed by atoms with Gasteiger partial charge in [0.25, 0.3) is 0 Å². The second kappa shape index (κ2) is 6.44. The minimum Gasteiger partial charge on any atom is -0.481 e. The number of ether oxygens (including phenoxy) is 1. The highest BCUT2D eigenvalue weighted by Gasteiger charge is 2.43. The van der Waals surface area contributed by atoms with Crippen molar-refractivity contribution < 1.29 is 34.4 Å². The van der Waals surface area contributed by atoms with Gasteiger partial charge >= 0.3 is 17.9 Å². The summed E-state index contributed by atoms with van der Waals surface area (Å²) in [5, 5.41) is 34.6. The lowest BCUT2D eigenvalue weighted by Gasteiger charge is -2.25. The lowest BCUT2D eigenvalue weighted by atomic mass is 9.95. The molecule has 0 aromatic rings. The van der Waals surface area contributed by atoms with Crippen molar-refractivity contribution >= 4 is 17.9 Å². The van der Waals surface area contributed by atoms with Crippen molar-refractivity contribution in [2.45, 2.75) is 43.9 Å². The van der Waals surface area contributed by atoms with Crippen molar-refractivity contribution in [3.63, 3.8) is 0 Å². The molecule has 2 unspecified atom stereocenters. The third-order valence-electron chi connectivity index (χ3n) is 2.81. The molecule has 0 aromatic heterocycles. The van der Waals surface area contributed by atoms with Crippen molar-refractivity contribution in [1.82, 2.24) is 0 Å². The van der Waals surface area contributed by atoms with Gasteiger partial charge in [-0.3, -0.25) is 9.59 Å². The van der Waals surface area contributed by atoms with Gasteiger partial charge in [0, 0.05) is 12.5 Å². The minimum absolute atomic E-state index is 0.336. The molecule has 0 bridgehead atoms. The molecule has 21 heavy (non-hydrogen) atoms. The lowest BCUT2D eigenvalue weighted by molar-refractivity contribution is -0.175. The maximum Gasteiger partial charge on any atom is 0.336 e. The molecule has 0 fully saturated rings. The fourth-order valence-corrected chi connectivity index (χ4v) is 1.85. The summed E-state index contributed by atoms with van der Waals surface area (Å²) in [6.07, 6.45) is 1.62. The first-order chi connectivity index (χ1) is 9.73. The number of hydrogen-bond donors (Lipinski definition) is 3. The van der Waals surface area contributed by atoms with Crippen LogP contribution < -0.4 is 0 Å². The number of aliphatic carboxylic acids is 2. The molecule has 1 aliphatic heterocycles. The second-order valence-corrected chi connectivity index (χ2v) is 4.68. The summed E-state index contributed by atoms with van der Waals surface area (Å²) < 4.78 is 5.06. The van der Waals surface area contributed by atoms with E-state index in [-0.39, 0.29) is 0 Å². The number of nitrogens with zero attached hydrogens (tertiary/aromatic N) is 2. The number of carbonyl (C=O) groups excluding carboxylic acids is 1. The van der Waals surface area contributed by atoms with Crippen molar-refractivity contribution in [2.75, 3.05) is 0 Å². The Labute approximate surface area is 119 Å². The molecule has 0 saturated carbocycles. The number of carboxylic acids is 2. The van der Waals surface area contributed by atoms with E-state index in [4.69, 9.17) is 14.9 Å². The summed E-state index contributed by atoms with van der Waals surface area (Å²) in [6, 6.07) is 0. The van der Waals surface area contributed by atoms with Gasteiger partial charge in [0.2, 0.25) is 5.72 Å². The molecule has 3 N–H and O–H groups in total. The molecule has 1 heterocycles. The standard InChI is InChI=1S/C12H16N2O7/c1-2-3-12(4-5-13-14-12)21-9(17)7-11(20,10(18)19)6-8(15)16/h4-5,20H,2-3,6-7H2,1H3,(H,15,16)(H,18,19). The Morgan fingerprint density at radius 2 is 1.95 bits per heavy atom. The molecule has 2 atom stereocenters. The highest BCUT2D eigenvalue weighted by Crippen LogP contribution is 2.28. The number of hydrogen-bond acceptors (Lipinski definition) is 7. The van der Waals surface area contributed by atoms with Crippen LogP contribution in [0.2, 0.25) is 0 Å². The Hall–Kier alpha value is -2.29. The molecule has 1 rings (SSSR count). The molecule has 1 aliphatic rings. The zero-order valence-electron chi connectivity index (χ0n) is 11.4. The van der Waals surface area contributed by atoms with Crippen LogP contribution >= 0.6 is 0 Å². The first-order valence-electron chi connectivity index (χ1n) is 6.22. The molecule has 0 saturated heterocycles. The molecule has 0 amide bonds. The van der Waals surface area contributed by atoms with Crippen molar-refractivity contribution in [3.8, 4) is 0 Å². The lowest BCUT2D eigenvalue weighted by Crippen LogP contribution is -2.44. The first kappa shape index (κ1) is 16.8. The van der Waals surface area contributed by atoms with Crippen LogP contribution in [0, 0.1) is 0 Å². The van der Waals surface area contributed by atoms with Gasteiger partial charge in [-0.15, -0.1) is 5.11 Å². The molecule has 0 radical (unpaired) electrons. The zero-order chi connectivity index (χ0) is 16.1. The minimum atomic E-state index is -2.73. The summed E-state index contributed by atoms with van der Waals surface area (Å²) >= 11 is 0. The molecular weight excluding hydrogens is 284 g/mol. The number of azo groups is 1. The van der Waals surface area contributed by atoms with Gasteiger partial charge in [-0.1, -0.05) is 6.92 Å².